The lowest BCUT2D eigenvalue weighted by Gasteiger charge is -1.88. The van der Waals surface area contributed by atoms with Gasteiger partial charge in [-0.2, -0.15) is 5.43 Å². The molecule has 0 saturated carbocycles. The molecule has 0 aromatic rings. The van der Waals surface area contributed by atoms with Crippen molar-refractivity contribution in [3.8, 4) is 0 Å². The summed E-state index contributed by atoms with van der Waals surface area (Å²) in [5.41, 5.74) is 12.2. The van der Waals surface area contributed by atoms with Crippen molar-refractivity contribution in [3.05, 3.63) is 0 Å². The van der Waals surface area contributed by atoms with E-state index >= 15 is 0 Å². The van der Waals surface area contributed by atoms with Crippen molar-refractivity contribution in [1.29, 1.82) is 0 Å². The molecule has 1 heterocycles. The zero-order valence-corrected chi connectivity index (χ0v) is 6.12. The molecule has 0 aromatic carbocycles. The maximum atomic E-state index is 5.34. The smallest absolute Gasteiger partial charge is 0.220 e. The molecule has 9 heavy (non-hydrogen) atoms. The summed E-state index contributed by atoms with van der Waals surface area (Å²) in [4.78, 5) is 0. The highest BCUT2D eigenvalue weighted by atomic mass is 35.5. The summed E-state index contributed by atoms with van der Waals surface area (Å²) < 4.78 is 0. The summed E-state index contributed by atoms with van der Waals surface area (Å²) in [5.74, 6) is 0. The van der Waals surface area contributed by atoms with Gasteiger partial charge in [0.05, 0.1) is 0 Å². The molecule has 7 heteroatoms. The van der Waals surface area contributed by atoms with Gasteiger partial charge in [0.1, 0.15) is 0 Å². The van der Waals surface area contributed by atoms with Gasteiger partial charge in [0.15, 0.2) is 0 Å². The molecule has 1 atom stereocenters. The minimum Gasteiger partial charge on any atom is -1.00 e. The standard InChI is InChI=1S/C2H6N4S.ClH.H2O/c3-1-5-6-2(4)7-1;;/h1,5H,3H2,(H2,4,6);1H;1H2. The van der Waals surface area contributed by atoms with Crippen LogP contribution in [-0.4, -0.2) is 16.1 Å². The number of nitrogens with zero attached hydrogens (tertiary/aromatic N) is 1. The van der Waals surface area contributed by atoms with E-state index in [9.17, 15) is 0 Å². The Bertz CT molecular complexity index is 109. The fourth-order valence-electron chi connectivity index (χ4n) is 0.347. The second-order valence-corrected chi connectivity index (χ2v) is 2.40. The maximum absolute atomic E-state index is 5.34. The van der Waals surface area contributed by atoms with Gasteiger partial charge in [-0.3, -0.25) is 5.73 Å². The molecule has 56 valence electrons. The van der Waals surface area contributed by atoms with Gasteiger partial charge in [-0.1, -0.05) is 5.10 Å². The molecular formula is C2H9ClN4OS. The van der Waals surface area contributed by atoms with Crippen LogP contribution >= 0.6 is 11.8 Å². The van der Waals surface area contributed by atoms with Crippen LogP contribution in [0.1, 0.15) is 0 Å². The molecule has 0 bridgehead atoms. The summed E-state index contributed by atoms with van der Waals surface area (Å²) >= 11 is 1.37. The first-order chi connectivity index (χ1) is 3.29. The van der Waals surface area contributed by atoms with Gasteiger partial charge in [-0.15, -0.1) is 0 Å². The van der Waals surface area contributed by atoms with E-state index in [1.165, 1.54) is 11.8 Å². The number of nitrogens with two attached hydrogens (primary N) is 3. The van der Waals surface area contributed by atoms with Crippen molar-refractivity contribution in [2.45, 2.75) is 5.50 Å². The summed E-state index contributed by atoms with van der Waals surface area (Å²) in [6.07, 6.45) is 0. The Morgan fingerprint density at radius 3 is 2.33 bits per heavy atom. The largest absolute Gasteiger partial charge is 1.00 e. The fourth-order valence-corrected chi connectivity index (χ4v) is 0.869. The third-order valence-corrected chi connectivity index (χ3v) is 1.35. The van der Waals surface area contributed by atoms with Crippen LogP contribution in [0.2, 0.25) is 0 Å². The van der Waals surface area contributed by atoms with Gasteiger partial charge in [-0.05, 0) is 11.8 Å². The van der Waals surface area contributed by atoms with Gasteiger partial charge in [-0.25, -0.2) is 0 Å². The fraction of sp³-hybridized carbons (Fsp3) is 0.500. The minimum atomic E-state index is -0.0139. The van der Waals surface area contributed by atoms with Crippen LogP contribution < -0.4 is 29.3 Å². The third kappa shape index (κ3) is 3.55. The zero-order chi connectivity index (χ0) is 5.28. The molecule has 0 spiro atoms. The Labute approximate surface area is 63.0 Å². The Hall–Kier alpha value is -0.0100. The summed E-state index contributed by atoms with van der Waals surface area (Å²) in [5, 5.41) is 4.29. The number of hydrogen-bond donors (Lipinski definition) is 3. The summed E-state index contributed by atoms with van der Waals surface area (Å²) in [6.45, 7) is 0. The predicted molar refractivity (Wildman–Crippen MR) is 32.7 cm³/mol. The molecule has 8 N–H and O–H groups in total. The van der Waals surface area contributed by atoms with Crippen molar-refractivity contribution < 1.29 is 23.3 Å². The van der Waals surface area contributed by atoms with Crippen LogP contribution in [0.3, 0.4) is 0 Å². The third-order valence-electron chi connectivity index (χ3n) is 0.606. The van der Waals surface area contributed by atoms with E-state index < -0.39 is 0 Å². The number of amidine groups is 1. The van der Waals surface area contributed by atoms with Crippen LogP contribution in [0.25, 0.3) is 0 Å². The number of rotatable bonds is 0. The first-order valence-electron chi connectivity index (χ1n) is 1.88. The lowest BCUT2D eigenvalue weighted by atomic mass is 11.2. The van der Waals surface area contributed by atoms with Gasteiger partial charge >= 0.3 is 0 Å². The highest BCUT2D eigenvalue weighted by Gasteiger charge is 2.15. The van der Waals surface area contributed by atoms with Crippen LogP contribution in [0, 0.1) is 0 Å². The highest BCUT2D eigenvalue weighted by Crippen LogP contribution is 2.00. The maximum Gasteiger partial charge on any atom is 0.220 e. The van der Waals surface area contributed by atoms with E-state index in [0.717, 1.165) is 0 Å². The molecule has 1 aliphatic heterocycles. The SMILES string of the molecule is NC1=N[NH2+]C(N)S1.O.[Cl-]. The molecule has 5 nitrogen and oxygen atoms in total. The molecule has 0 saturated heterocycles. The van der Waals surface area contributed by atoms with Gasteiger partial charge in [0.25, 0.3) is 0 Å². The number of thioether (sulfide) groups is 1. The topological polar surface area (TPSA) is 113 Å². The molecule has 1 rings (SSSR count). The molecule has 1 aliphatic rings. The van der Waals surface area contributed by atoms with Gasteiger partial charge in [0, 0.05) is 0 Å². The summed E-state index contributed by atoms with van der Waals surface area (Å²) in [6, 6.07) is 0. The lowest BCUT2D eigenvalue weighted by molar-refractivity contribution is -0.670. The summed E-state index contributed by atoms with van der Waals surface area (Å²) in [7, 11) is 0. The number of hydrogen-bond acceptors (Lipinski definition) is 4. The second-order valence-electron chi connectivity index (χ2n) is 1.20. The van der Waals surface area contributed by atoms with Crippen molar-refractivity contribution in [3.63, 3.8) is 0 Å². The Morgan fingerprint density at radius 1 is 1.67 bits per heavy atom. The molecular weight excluding hydrogens is 164 g/mol. The monoisotopic (exact) mass is 172 g/mol. The average molecular weight is 173 g/mol. The Balaban J connectivity index is 0. The molecule has 0 radical (unpaired) electrons. The van der Waals surface area contributed by atoms with Crippen LogP contribution in [0.4, 0.5) is 0 Å². The van der Waals surface area contributed by atoms with Crippen LogP contribution in [0.15, 0.2) is 5.10 Å². The molecule has 0 fully saturated rings. The lowest BCUT2D eigenvalue weighted by Crippen LogP contribution is -3.00. The Kier molecular flexibility index (Phi) is 6.30. The van der Waals surface area contributed by atoms with E-state index in [-0.39, 0.29) is 23.4 Å². The van der Waals surface area contributed by atoms with E-state index in [4.69, 9.17) is 11.5 Å². The van der Waals surface area contributed by atoms with E-state index in [0.29, 0.717) is 5.17 Å². The Morgan fingerprint density at radius 2 is 2.22 bits per heavy atom. The van der Waals surface area contributed by atoms with Crippen molar-refractivity contribution in [2.75, 3.05) is 0 Å². The van der Waals surface area contributed by atoms with E-state index in [1.54, 1.807) is 5.43 Å². The van der Waals surface area contributed by atoms with E-state index in [1.807, 2.05) is 0 Å². The van der Waals surface area contributed by atoms with Gasteiger partial charge < -0.3 is 23.6 Å². The van der Waals surface area contributed by atoms with Crippen molar-refractivity contribution in [1.82, 2.24) is 0 Å². The van der Waals surface area contributed by atoms with Crippen molar-refractivity contribution >= 4 is 16.9 Å². The first-order valence-corrected chi connectivity index (χ1v) is 2.76. The molecule has 0 aromatic heterocycles. The van der Waals surface area contributed by atoms with E-state index in [2.05, 4.69) is 5.10 Å². The molecule has 0 aliphatic carbocycles. The highest BCUT2D eigenvalue weighted by molar-refractivity contribution is 8.14. The zero-order valence-electron chi connectivity index (χ0n) is 4.54. The number of quaternary nitrogens is 1. The second kappa shape index (κ2) is 4.83. The quantitative estimate of drug-likeness (QED) is 0.316. The average Bonchev–Trinajstić information content (AvgIpc) is 1.87. The van der Waals surface area contributed by atoms with Gasteiger partial charge in [0.2, 0.25) is 10.7 Å². The molecule has 1 unspecified atom stereocenters. The first kappa shape index (κ1) is 11.7. The molecule has 0 amide bonds. The van der Waals surface area contributed by atoms with Crippen LogP contribution in [0.5, 0.6) is 0 Å². The van der Waals surface area contributed by atoms with Crippen molar-refractivity contribution in [2.24, 2.45) is 16.6 Å². The number of halogens is 1. The normalized spacial score (nSPS) is 23.7. The van der Waals surface area contributed by atoms with Crippen LogP contribution in [-0.2, 0) is 0 Å². The predicted octanol–water partition coefficient (Wildman–Crippen LogP) is -6.05. The minimum absolute atomic E-state index is 0.